The Morgan fingerprint density at radius 3 is 2.86 bits per heavy atom. The number of nitrogens with zero attached hydrogens (tertiary/aromatic N) is 3. The van der Waals surface area contributed by atoms with E-state index in [1.165, 1.54) is 0 Å². The van der Waals surface area contributed by atoms with E-state index in [1.54, 1.807) is 36.1 Å². The molecule has 0 radical (unpaired) electrons. The molecular formula is C9H14ClN3O. The van der Waals surface area contributed by atoms with Crippen molar-refractivity contribution in [3.05, 3.63) is 18.2 Å². The fourth-order valence-electron chi connectivity index (χ4n) is 1.22. The lowest BCUT2D eigenvalue weighted by Gasteiger charge is -2.18. The Morgan fingerprint density at radius 2 is 2.43 bits per heavy atom. The van der Waals surface area contributed by atoms with Crippen LogP contribution in [0.1, 0.15) is 17.4 Å². The number of carbonyl (C=O) groups excluding carboxylic acids is 1. The van der Waals surface area contributed by atoms with Gasteiger partial charge in [0.1, 0.15) is 5.69 Å². The molecule has 0 aliphatic carbocycles. The third-order valence-electron chi connectivity index (χ3n) is 1.91. The minimum Gasteiger partial charge on any atom is -0.339 e. The SMILES string of the molecule is CC(Cl)CN(C)C(=O)c1cncn1C. The Kier molecular flexibility index (Phi) is 3.52. The maximum atomic E-state index is 11.8. The summed E-state index contributed by atoms with van der Waals surface area (Å²) in [5, 5.41) is -0.0443. The van der Waals surface area contributed by atoms with E-state index in [0.717, 1.165) is 0 Å². The molecule has 5 heteroatoms. The van der Waals surface area contributed by atoms with Gasteiger partial charge in [0, 0.05) is 26.0 Å². The Bertz CT molecular complexity index is 322. The van der Waals surface area contributed by atoms with Gasteiger partial charge in [-0.2, -0.15) is 0 Å². The molecular weight excluding hydrogens is 202 g/mol. The first kappa shape index (κ1) is 11.0. The number of amides is 1. The van der Waals surface area contributed by atoms with E-state index in [9.17, 15) is 4.79 Å². The summed E-state index contributed by atoms with van der Waals surface area (Å²) in [5.74, 6) is -0.0579. The molecule has 0 aliphatic rings. The van der Waals surface area contributed by atoms with Gasteiger partial charge in [0.25, 0.3) is 5.91 Å². The fourth-order valence-corrected chi connectivity index (χ4v) is 1.43. The summed E-state index contributed by atoms with van der Waals surface area (Å²) in [4.78, 5) is 17.2. The monoisotopic (exact) mass is 215 g/mol. The molecule has 0 saturated heterocycles. The zero-order chi connectivity index (χ0) is 10.7. The maximum Gasteiger partial charge on any atom is 0.271 e. The fraction of sp³-hybridized carbons (Fsp3) is 0.556. The lowest BCUT2D eigenvalue weighted by molar-refractivity contribution is 0.0787. The van der Waals surface area contributed by atoms with Crippen molar-refractivity contribution in [1.82, 2.24) is 14.5 Å². The molecule has 0 fully saturated rings. The van der Waals surface area contributed by atoms with Gasteiger partial charge in [-0.1, -0.05) is 0 Å². The van der Waals surface area contributed by atoms with E-state index >= 15 is 0 Å². The second-order valence-electron chi connectivity index (χ2n) is 3.36. The van der Waals surface area contributed by atoms with E-state index < -0.39 is 0 Å². The molecule has 0 spiro atoms. The van der Waals surface area contributed by atoms with Crippen LogP contribution in [0, 0.1) is 0 Å². The van der Waals surface area contributed by atoms with E-state index in [1.807, 2.05) is 6.92 Å². The normalized spacial score (nSPS) is 12.6. The first-order chi connectivity index (χ1) is 6.52. The molecule has 0 aliphatic heterocycles. The Morgan fingerprint density at radius 1 is 1.79 bits per heavy atom. The number of hydrogen-bond acceptors (Lipinski definition) is 2. The number of rotatable bonds is 3. The van der Waals surface area contributed by atoms with Crippen LogP contribution in [0.15, 0.2) is 12.5 Å². The van der Waals surface area contributed by atoms with Crippen molar-refractivity contribution in [3.8, 4) is 0 Å². The first-order valence-electron chi connectivity index (χ1n) is 4.38. The van der Waals surface area contributed by atoms with Crippen LogP contribution < -0.4 is 0 Å². The summed E-state index contributed by atoms with van der Waals surface area (Å²) < 4.78 is 1.69. The van der Waals surface area contributed by atoms with Gasteiger partial charge in [-0.25, -0.2) is 4.98 Å². The molecule has 1 atom stereocenters. The Labute approximate surface area is 88.5 Å². The number of aryl methyl sites for hydroxylation is 1. The van der Waals surface area contributed by atoms with Gasteiger partial charge >= 0.3 is 0 Å². The lowest BCUT2D eigenvalue weighted by Crippen LogP contribution is -2.32. The highest BCUT2D eigenvalue weighted by Gasteiger charge is 2.15. The number of alkyl halides is 1. The molecule has 0 saturated carbocycles. The average molecular weight is 216 g/mol. The molecule has 78 valence electrons. The minimum atomic E-state index is -0.0579. The number of halogens is 1. The van der Waals surface area contributed by atoms with Crippen LogP contribution in [0.25, 0.3) is 0 Å². The zero-order valence-electron chi connectivity index (χ0n) is 8.57. The molecule has 1 amide bonds. The Hall–Kier alpha value is -1.03. The molecule has 1 rings (SSSR count). The van der Waals surface area contributed by atoms with Crippen molar-refractivity contribution in [3.63, 3.8) is 0 Å². The first-order valence-corrected chi connectivity index (χ1v) is 4.82. The predicted octanol–water partition coefficient (Wildman–Crippen LogP) is 1.12. The summed E-state index contributed by atoms with van der Waals surface area (Å²) in [6, 6.07) is 0. The molecule has 1 heterocycles. The number of aromatic nitrogens is 2. The maximum absolute atomic E-state index is 11.8. The van der Waals surface area contributed by atoms with Crippen LogP contribution in [0.5, 0.6) is 0 Å². The van der Waals surface area contributed by atoms with Crippen LogP contribution in [-0.2, 0) is 7.05 Å². The van der Waals surface area contributed by atoms with Gasteiger partial charge < -0.3 is 9.47 Å². The molecule has 1 unspecified atom stereocenters. The van der Waals surface area contributed by atoms with Crippen LogP contribution >= 0.6 is 11.6 Å². The smallest absolute Gasteiger partial charge is 0.271 e. The van der Waals surface area contributed by atoms with E-state index in [2.05, 4.69) is 4.98 Å². The minimum absolute atomic E-state index is 0.0443. The van der Waals surface area contributed by atoms with Gasteiger partial charge in [0.2, 0.25) is 0 Å². The lowest BCUT2D eigenvalue weighted by atomic mass is 10.3. The molecule has 0 aromatic carbocycles. The van der Waals surface area contributed by atoms with Gasteiger partial charge in [-0.15, -0.1) is 11.6 Å². The van der Waals surface area contributed by atoms with Gasteiger partial charge in [-0.05, 0) is 6.92 Å². The third-order valence-corrected chi connectivity index (χ3v) is 2.05. The summed E-state index contributed by atoms with van der Waals surface area (Å²) in [6.45, 7) is 2.39. The third kappa shape index (κ3) is 2.48. The molecule has 1 aromatic rings. The van der Waals surface area contributed by atoms with Crippen LogP contribution in [-0.4, -0.2) is 39.3 Å². The van der Waals surface area contributed by atoms with Crippen molar-refractivity contribution < 1.29 is 4.79 Å². The van der Waals surface area contributed by atoms with Crippen LogP contribution in [0.4, 0.5) is 0 Å². The van der Waals surface area contributed by atoms with Gasteiger partial charge in [0.05, 0.1) is 12.5 Å². The topological polar surface area (TPSA) is 38.1 Å². The molecule has 4 nitrogen and oxygen atoms in total. The van der Waals surface area contributed by atoms with Crippen molar-refractivity contribution in [2.24, 2.45) is 7.05 Å². The van der Waals surface area contributed by atoms with E-state index in [4.69, 9.17) is 11.6 Å². The van der Waals surface area contributed by atoms with E-state index in [-0.39, 0.29) is 11.3 Å². The second kappa shape index (κ2) is 4.46. The highest BCUT2D eigenvalue weighted by atomic mass is 35.5. The van der Waals surface area contributed by atoms with E-state index in [0.29, 0.717) is 12.2 Å². The van der Waals surface area contributed by atoms with Crippen LogP contribution in [0.3, 0.4) is 0 Å². The average Bonchev–Trinajstić information content (AvgIpc) is 2.48. The standard InChI is InChI=1S/C9H14ClN3O/c1-7(10)5-12(2)9(14)8-4-11-6-13(8)3/h4,6-7H,5H2,1-3H3. The van der Waals surface area contributed by atoms with Crippen molar-refractivity contribution >= 4 is 17.5 Å². The molecule has 14 heavy (non-hydrogen) atoms. The number of imidazole rings is 1. The molecule has 1 aromatic heterocycles. The summed E-state index contributed by atoms with van der Waals surface area (Å²) in [6.07, 6.45) is 3.16. The second-order valence-corrected chi connectivity index (χ2v) is 4.10. The summed E-state index contributed by atoms with van der Waals surface area (Å²) in [5.41, 5.74) is 0.574. The largest absolute Gasteiger partial charge is 0.339 e. The van der Waals surface area contributed by atoms with Crippen molar-refractivity contribution in [2.75, 3.05) is 13.6 Å². The van der Waals surface area contributed by atoms with Crippen LogP contribution in [0.2, 0.25) is 0 Å². The van der Waals surface area contributed by atoms with Gasteiger partial charge in [-0.3, -0.25) is 4.79 Å². The van der Waals surface area contributed by atoms with Crippen molar-refractivity contribution in [1.29, 1.82) is 0 Å². The predicted molar refractivity (Wildman–Crippen MR) is 55.5 cm³/mol. The highest BCUT2D eigenvalue weighted by Crippen LogP contribution is 2.04. The zero-order valence-corrected chi connectivity index (χ0v) is 9.32. The van der Waals surface area contributed by atoms with Gasteiger partial charge in [0.15, 0.2) is 0 Å². The quantitative estimate of drug-likeness (QED) is 0.709. The Balaban J connectivity index is 2.71. The van der Waals surface area contributed by atoms with Crippen molar-refractivity contribution in [2.45, 2.75) is 12.3 Å². The number of carbonyl (C=O) groups is 1. The molecule has 0 N–H and O–H groups in total. The number of hydrogen-bond donors (Lipinski definition) is 0. The summed E-state index contributed by atoms with van der Waals surface area (Å²) >= 11 is 5.80. The summed E-state index contributed by atoms with van der Waals surface area (Å²) in [7, 11) is 3.52. The highest BCUT2D eigenvalue weighted by molar-refractivity contribution is 6.20. The molecule has 0 bridgehead atoms.